The largest absolute Gasteiger partial charge is 0.455 e. The number of nitrogens with zero attached hydrogens (tertiary/aromatic N) is 5. The summed E-state index contributed by atoms with van der Waals surface area (Å²) in [6, 6.07) is 71.1. The van der Waals surface area contributed by atoms with Crippen LogP contribution in [0.5, 0.6) is 0 Å². The van der Waals surface area contributed by atoms with Gasteiger partial charge in [0.1, 0.15) is 11.2 Å². The third-order valence-corrected chi connectivity index (χ3v) is 11.7. The Labute approximate surface area is 357 Å². The number of benzene rings is 8. The fraction of sp³-hybridized carbons (Fsp3) is 0. The number of aromatic nitrogens is 5. The normalized spacial score (nSPS) is 11.5. The van der Waals surface area contributed by atoms with Crippen molar-refractivity contribution >= 4 is 43.7 Å². The van der Waals surface area contributed by atoms with E-state index in [9.17, 15) is 0 Å². The van der Waals surface area contributed by atoms with E-state index in [0.29, 0.717) is 23.2 Å². The maximum atomic E-state index is 6.98. The predicted octanol–water partition coefficient (Wildman–Crippen LogP) is 14.3. The summed E-state index contributed by atoms with van der Waals surface area (Å²) in [5.74, 6) is 1.67. The second kappa shape index (κ2) is 14.7. The van der Waals surface area contributed by atoms with E-state index in [2.05, 4.69) is 144 Å². The monoisotopic (exact) mass is 793 g/mol. The summed E-state index contributed by atoms with van der Waals surface area (Å²) >= 11 is 0. The van der Waals surface area contributed by atoms with Crippen molar-refractivity contribution in [3.05, 3.63) is 212 Å². The Morgan fingerprint density at radius 1 is 0.387 bits per heavy atom. The molecule has 0 amide bonds. The van der Waals surface area contributed by atoms with Crippen LogP contribution in [0.2, 0.25) is 0 Å². The molecule has 4 heterocycles. The van der Waals surface area contributed by atoms with E-state index in [1.165, 1.54) is 5.39 Å². The Morgan fingerprint density at radius 3 is 1.66 bits per heavy atom. The zero-order valence-electron chi connectivity index (χ0n) is 33.4. The molecule has 8 aromatic carbocycles. The molecule has 0 bridgehead atoms. The van der Waals surface area contributed by atoms with Crippen LogP contribution in [0.25, 0.3) is 117 Å². The maximum Gasteiger partial charge on any atom is 0.166 e. The Bertz CT molecular complexity index is 3560. The molecule has 12 aromatic rings. The fourth-order valence-electron chi connectivity index (χ4n) is 8.82. The summed E-state index contributed by atoms with van der Waals surface area (Å²) in [6.07, 6.45) is 1.95. The Hall–Kier alpha value is -8.48. The number of pyridine rings is 1. The molecule has 6 nitrogen and oxygen atoms in total. The van der Waals surface area contributed by atoms with Crippen molar-refractivity contribution in [1.29, 1.82) is 0 Å². The molecule has 0 spiro atoms. The minimum Gasteiger partial charge on any atom is -0.455 e. The van der Waals surface area contributed by atoms with Crippen molar-refractivity contribution in [1.82, 2.24) is 24.5 Å². The van der Waals surface area contributed by atoms with Crippen molar-refractivity contribution in [2.75, 3.05) is 0 Å². The number of para-hydroxylation sites is 3. The van der Waals surface area contributed by atoms with Gasteiger partial charge in [-0.05, 0) is 65.2 Å². The number of hydrogen-bond acceptors (Lipinski definition) is 5. The molecule has 6 heteroatoms. The zero-order chi connectivity index (χ0) is 41.0. The first-order chi connectivity index (χ1) is 30.7. The Kier molecular flexibility index (Phi) is 8.38. The summed E-state index contributed by atoms with van der Waals surface area (Å²) < 4.78 is 9.34. The van der Waals surface area contributed by atoms with E-state index in [0.717, 1.165) is 88.6 Å². The van der Waals surface area contributed by atoms with Gasteiger partial charge in [-0.1, -0.05) is 158 Å². The summed E-state index contributed by atoms with van der Waals surface area (Å²) in [4.78, 5) is 20.8. The van der Waals surface area contributed by atoms with E-state index >= 15 is 0 Å². The molecular formula is C56H35N5O. The molecule has 0 fully saturated rings. The standard InChI is InChI=1S/C56H35N5O/c1-5-17-36(18-6-1)39-23-15-24-40(33-39)41-34-47(56-59-54(37-19-7-2-8-20-37)58-55(60-56)38-21-9-3-10-22-38)51(57-35-41)46-29-16-28-45-50-49(62-53(45)46)32-31-44-43-27-13-14-30-48(43)61(52(44)50)42-25-11-4-12-26-42/h1-35H. The smallest absolute Gasteiger partial charge is 0.166 e. The van der Waals surface area contributed by atoms with Crippen LogP contribution in [0.3, 0.4) is 0 Å². The maximum absolute atomic E-state index is 6.98. The molecule has 0 aliphatic rings. The molecule has 0 aliphatic heterocycles. The van der Waals surface area contributed by atoms with Gasteiger partial charge in [0.05, 0.1) is 22.1 Å². The molecule has 0 N–H and O–H groups in total. The number of furan rings is 1. The number of hydrogen-bond donors (Lipinski definition) is 0. The first kappa shape index (κ1) is 35.5. The molecule has 0 saturated carbocycles. The van der Waals surface area contributed by atoms with E-state index in [4.69, 9.17) is 24.4 Å². The highest BCUT2D eigenvalue weighted by atomic mass is 16.3. The van der Waals surface area contributed by atoms with E-state index < -0.39 is 0 Å². The van der Waals surface area contributed by atoms with Crippen LogP contribution in [0.15, 0.2) is 217 Å². The van der Waals surface area contributed by atoms with E-state index in [1.807, 2.05) is 72.9 Å². The lowest BCUT2D eigenvalue weighted by Gasteiger charge is -2.14. The van der Waals surface area contributed by atoms with Gasteiger partial charge in [0, 0.05) is 55.9 Å². The van der Waals surface area contributed by atoms with Gasteiger partial charge in [0.15, 0.2) is 17.5 Å². The van der Waals surface area contributed by atoms with E-state index in [1.54, 1.807) is 0 Å². The van der Waals surface area contributed by atoms with Gasteiger partial charge in [0.2, 0.25) is 0 Å². The zero-order valence-corrected chi connectivity index (χ0v) is 33.4. The summed E-state index contributed by atoms with van der Waals surface area (Å²) in [5.41, 5.74) is 13.2. The minimum atomic E-state index is 0.515. The SMILES string of the molecule is c1ccc(-c2cccc(-c3cnc(-c4cccc5c4oc4ccc6c7ccccc7n(-c7ccccc7)c6c45)c(-c4nc(-c5ccccc5)nc(-c5ccccc5)n4)c3)c2)cc1. The lowest BCUT2D eigenvalue weighted by molar-refractivity contribution is 0.670. The first-order valence-corrected chi connectivity index (χ1v) is 20.7. The Morgan fingerprint density at radius 2 is 0.952 bits per heavy atom. The second-order valence-corrected chi connectivity index (χ2v) is 15.4. The Balaban J connectivity index is 1.13. The van der Waals surface area contributed by atoms with Gasteiger partial charge in [0.25, 0.3) is 0 Å². The molecular weight excluding hydrogens is 759 g/mol. The molecule has 12 rings (SSSR count). The fourth-order valence-corrected chi connectivity index (χ4v) is 8.82. The first-order valence-electron chi connectivity index (χ1n) is 20.7. The molecule has 0 radical (unpaired) electrons. The third-order valence-electron chi connectivity index (χ3n) is 11.7. The minimum absolute atomic E-state index is 0.515. The summed E-state index contributed by atoms with van der Waals surface area (Å²) in [5, 5.41) is 4.40. The molecule has 0 aliphatic carbocycles. The van der Waals surface area contributed by atoms with Gasteiger partial charge in [-0.25, -0.2) is 15.0 Å². The molecule has 0 atom stereocenters. The van der Waals surface area contributed by atoms with Crippen LogP contribution >= 0.6 is 0 Å². The van der Waals surface area contributed by atoms with Crippen LogP contribution in [0.1, 0.15) is 0 Å². The van der Waals surface area contributed by atoms with Crippen LogP contribution in [0, 0.1) is 0 Å². The van der Waals surface area contributed by atoms with Crippen molar-refractivity contribution in [3.8, 4) is 73.4 Å². The highest BCUT2D eigenvalue weighted by Gasteiger charge is 2.24. The van der Waals surface area contributed by atoms with Gasteiger partial charge in [-0.2, -0.15) is 0 Å². The van der Waals surface area contributed by atoms with Crippen LogP contribution < -0.4 is 0 Å². The van der Waals surface area contributed by atoms with E-state index in [-0.39, 0.29) is 0 Å². The topological polar surface area (TPSA) is 69.6 Å². The number of rotatable bonds is 7. The van der Waals surface area contributed by atoms with Gasteiger partial charge in [-0.15, -0.1) is 0 Å². The molecule has 290 valence electrons. The van der Waals surface area contributed by atoms with Gasteiger partial charge >= 0.3 is 0 Å². The van der Waals surface area contributed by atoms with Gasteiger partial charge in [-0.3, -0.25) is 4.98 Å². The number of fused-ring (bicyclic) bond motifs is 7. The molecule has 4 aromatic heterocycles. The lowest BCUT2D eigenvalue weighted by Crippen LogP contribution is -2.02. The summed E-state index contributed by atoms with van der Waals surface area (Å²) in [7, 11) is 0. The average molecular weight is 794 g/mol. The quantitative estimate of drug-likeness (QED) is 0.161. The third kappa shape index (κ3) is 5.96. The lowest BCUT2D eigenvalue weighted by atomic mass is 9.96. The van der Waals surface area contributed by atoms with Crippen LogP contribution in [-0.2, 0) is 0 Å². The second-order valence-electron chi connectivity index (χ2n) is 15.4. The molecule has 62 heavy (non-hydrogen) atoms. The molecule has 0 saturated heterocycles. The summed E-state index contributed by atoms with van der Waals surface area (Å²) in [6.45, 7) is 0. The highest BCUT2D eigenvalue weighted by molar-refractivity contribution is 6.25. The van der Waals surface area contributed by atoms with Crippen molar-refractivity contribution in [2.24, 2.45) is 0 Å². The predicted molar refractivity (Wildman–Crippen MR) is 252 cm³/mol. The van der Waals surface area contributed by atoms with Crippen LogP contribution in [-0.4, -0.2) is 24.5 Å². The van der Waals surface area contributed by atoms with Crippen molar-refractivity contribution in [2.45, 2.75) is 0 Å². The van der Waals surface area contributed by atoms with Crippen LogP contribution in [0.4, 0.5) is 0 Å². The van der Waals surface area contributed by atoms with Crippen molar-refractivity contribution < 1.29 is 4.42 Å². The molecule has 0 unspecified atom stereocenters. The average Bonchev–Trinajstić information content (AvgIpc) is 3.91. The highest BCUT2D eigenvalue weighted by Crippen LogP contribution is 2.44. The van der Waals surface area contributed by atoms with Crippen molar-refractivity contribution in [3.63, 3.8) is 0 Å². The van der Waals surface area contributed by atoms with Gasteiger partial charge < -0.3 is 8.98 Å².